The number of hydrogen-bond acceptors (Lipinski definition) is 3. The van der Waals surface area contributed by atoms with Crippen molar-refractivity contribution in [3.05, 3.63) is 67.5 Å². The molecule has 1 atom stereocenters. The average Bonchev–Trinajstić information content (AvgIpc) is 2.96. The van der Waals surface area contributed by atoms with Crippen LogP contribution < -0.4 is 21.9 Å². The van der Waals surface area contributed by atoms with Gasteiger partial charge in [-0.1, -0.05) is 23.8 Å². The molecule has 1 aliphatic rings. The van der Waals surface area contributed by atoms with Crippen LogP contribution in [0.25, 0.3) is 0 Å². The van der Waals surface area contributed by atoms with E-state index >= 15 is 0 Å². The first-order valence-electron chi connectivity index (χ1n) is 8.44. The second-order valence-corrected chi connectivity index (χ2v) is 6.32. The molecule has 1 unspecified atom stereocenters. The largest absolute Gasteiger partial charge is 0.334 e. The van der Waals surface area contributed by atoms with E-state index in [9.17, 15) is 14.4 Å². The second-order valence-electron chi connectivity index (χ2n) is 6.32. The number of nitrogens with zero attached hydrogens (tertiary/aromatic N) is 1. The van der Waals surface area contributed by atoms with Gasteiger partial charge in [-0.3, -0.25) is 9.78 Å². The lowest BCUT2D eigenvalue weighted by Crippen LogP contribution is -2.39. The lowest BCUT2D eigenvalue weighted by molar-refractivity contribution is 0.236. The van der Waals surface area contributed by atoms with Crippen LogP contribution >= 0.6 is 0 Å². The monoisotopic (exact) mass is 342 g/mol. The zero-order valence-corrected chi connectivity index (χ0v) is 14.4. The van der Waals surface area contributed by atoms with Crippen molar-refractivity contribution >= 4 is 6.03 Å². The molecule has 3 N–H and O–H groups in total. The maximum absolute atomic E-state index is 12.2. The summed E-state index contributed by atoms with van der Waals surface area (Å²) in [5, 5.41) is 5.66. The van der Waals surface area contributed by atoms with Crippen LogP contribution in [0.1, 0.15) is 41.6 Å². The average molecular weight is 342 g/mol. The molecule has 0 spiro atoms. The number of nitrogens with one attached hydrogen (secondary N) is 3. The summed E-state index contributed by atoms with van der Waals surface area (Å²) in [5.74, 6) is 0. The summed E-state index contributed by atoms with van der Waals surface area (Å²) in [6, 6.07) is 5.95. The fourth-order valence-electron chi connectivity index (χ4n) is 3.17. The van der Waals surface area contributed by atoms with Crippen molar-refractivity contribution < 1.29 is 4.79 Å². The third-order valence-corrected chi connectivity index (χ3v) is 4.55. The molecule has 0 saturated heterocycles. The van der Waals surface area contributed by atoms with Gasteiger partial charge in [0.1, 0.15) is 0 Å². The molecule has 1 heterocycles. The van der Waals surface area contributed by atoms with Gasteiger partial charge in [0.25, 0.3) is 5.56 Å². The van der Waals surface area contributed by atoms with E-state index in [1.54, 1.807) is 0 Å². The lowest BCUT2D eigenvalue weighted by atomic mass is 10.1. The molecule has 1 aromatic heterocycles. The highest BCUT2D eigenvalue weighted by atomic mass is 16.2. The Kier molecular flexibility index (Phi) is 4.74. The van der Waals surface area contributed by atoms with Crippen LogP contribution in [-0.2, 0) is 19.5 Å². The molecule has 0 radical (unpaired) electrons. The summed E-state index contributed by atoms with van der Waals surface area (Å²) in [6.45, 7) is 4.36. The Morgan fingerprint density at radius 3 is 2.92 bits per heavy atom. The second kappa shape index (κ2) is 6.96. The molecule has 0 saturated carbocycles. The quantitative estimate of drug-likeness (QED) is 0.782. The Bertz CT molecular complexity index is 913. The minimum absolute atomic E-state index is 0.0159. The predicted molar refractivity (Wildman–Crippen MR) is 94.6 cm³/mol. The predicted octanol–water partition coefficient (Wildman–Crippen LogP) is 1.35. The molecular weight excluding hydrogens is 320 g/mol. The molecular formula is C18H22N4O3. The fraction of sp³-hybridized carbons (Fsp3) is 0.389. The normalized spacial score (nSPS) is 15.7. The molecule has 1 aromatic carbocycles. The SMILES string of the molecule is CCn1cc(CNC(=O)NC2CCc3ccc(C)cc32)c(=O)[nH]c1=O. The van der Waals surface area contributed by atoms with Gasteiger partial charge in [0.05, 0.1) is 18.2 Å². The number of carbonyl (C=O) groups excluding carboxylic acids is 1. The van der Waals surface area contributed by atoms with Crippen molar-refractivity contribution in [2.24, 2.45) is 0 Å². The van der Waals surface area contributed by atoms with Gasteiger partial charge in [-0.25, -0.2) is 9.59 Å². The van der Waals surface area contributed by atoms with E-state index < -0.39 is 11.2 Å². The van der Waals surface area contributed by atoms with Crippen LogP contribution in [0, 0.1) is 6.92 Å². The number of aryl methyl sites for hydroxylation is 3. The zero-order chi connectivity index (χ0) is 18.0. The third kappa shape index (κ3) is 3.65. The van der Waals surface area contributed by atoms with E-state index in [2.05, 4.69) is 33.8 Å². The van der Waals surface area contributed by atoms with E-state index in [0.717, 1.165) is 18.4 Å². The summed E-state index contributed by atoms with van der Waals surface area (Å²) in [6.07, 6.45) is 3.30. The standard InChI is InChI=1S/C18H22N4O3/c1-3-22-10-13(16(23)21-18(22)25)9-19-17(24)20-15-7-6-12-5-4-11(2)8-14(12)15/h4-5,8,10,15H,3,6-7,9H2,1-2H3,(H2,19,20,24)(H,21,23,25). The van der Waals surface area contributed by atoms with Crippen molar-refractivity contribution in [1.29, 1.82) is 0 Å². The van der Waals surface area contributed by atoms with Gasteiger partial charge in [0, 0.05) is 12.7 Å². The molecule has 2 aromatic rings. The van der Waals surface area contributed by atoms with Crippen LogP contribution in [0.5, 0.6) is 0 Å². The number of benzene rings is 1. The minimum Gasteiger partial charge on any atom is -0.334 e. The molecule has 7 nitrogen and oxygen atoms in total. The number of carbonyl (C=O) groups is 1. The molecule has 3 rings (SSSR count). The van der Waals surface area contributed by atoms with Gasteiger partial charge in [-0.05, 0) is 37.8 Å². The van der Waals surface area contributed by atoms with Crippen molar-refractivity contribution in [1.82, 2.24) is 20.2 Å². The number of amides is 2. The third-order valence-electron chi connectivity index (χ3n) is 4.55. The van der Waals surface area contributed by atoms with Crippen molar-refractivity contribution in [3.8, 4) is 0 Å². The lowest BCUT2D eigenvalue weighted by Gasteiger charge is -2.15. The molecule has 1 aliphatic carbocycles. The first kappa shape index (κ1) is 17.0. The van der Waals surface area contributed by atoms with E-state index in [-0.39, 0.29) is 18.6 Å². The van der Waals surface area contributed by atoms with Gasteiger partial charge in [0.15, 0.2) is 0 Å². The fourth-order valence-corrected chi connectivity index (χ4v) is 3.17. The number of H-pyrrole nitrogens is 1. The smallest absolute Gasteiger partial charge is 0.328 e. The summed E-state index contributed by atoms with van der Waals surface area (Å²) < 4.78 is 1.40. The maximum Gasteiger partial charge on any atom is 0.328 e. The molecule has 7 heteroatoms. The summed E-state index contributed by atoms with van der Waals surface area (Å²) >= 11 is 0. The highest BCUT2D eigenvalue weighted by molar-refractivity contribution is 5.74. The van der Waals surface area contributed by atoms with Gasteiger partial charge in [-0.2, -0.15) is 0 Å². The Morgan fingerprint density at radius 2 is 2.16 bits per heavy atom. The summed E-state index contributed by atoms with van der Waals surface area (Å²) in [7, 11) is 0. The van der Waals surface area contributed by atoms with E-state index in [1.807, 2.05) is 13.8 Å². The van der Waals surface area contributed by atoms with E-state index in [0.29, 0.717) is 12.1 Å². The van der Waals surface area contributed by atoms with Gasteiger partial charge >= 0.3 is 11.7 Å². The molecule has 0 fully saturated rings. The van der Waals surface area contributed by atoms with E-state index in [4.69, 9.17) is 0 Å². The maximum atomic E-state index is 12.2. The minimum atomic E-state index is -0.475. The van der Waals surface area contributed by atoms with Crippen molar-refractivity contribution in [2.45, 2.75) is 45.8 Å². The molecule has 0 bridgehead atoms. The number of rotatable bonds is 4. The van der Waals surface area contributed by atoms with Gasteiger partial charge in [-0.15, -0.1) is 0 Å². The number of fused-ring (bicyclic) bond motifs is 1. The van der Waals surface area contributed by atoms with Crippen LogP contribution in [0.4, 0.5) is 4.79 Å². The highest BCUT2D eigenvalue weighted by Gasteiger charge is 2.23. The summed E-state index contributed by atoms with van der Waals surface area (Å²) in [4.78, 5) is 37.8. The number of aromatic amines is 1. The number of hydrogen-bond donors (Lipinski definition) is 3. The molecule has 25 heavy (non-hydrogen) atoms. The Morgan fingerprint density at radius 1 is 1.36 bits per heavy atom. The van der Waals surface area contributed by atoms with Gasteiger partial charge < -0.3 is 15.2 Å². The van der Waals surface area contributed by atoms with Crippen molar-refractivity contribution in [2.75, 3.05) is 0 Å². The van der Waals surface area contributed by atoms with E-state index in [1.165, 1.54) is 21.9 Å². The van der Waals surface area contributed by atoms with Crippen LogP contribution in [-0.4, -0.2) is 15.6 Å². The number of aromatic nitrogens is 2. The van der Waals surface area contributed by atoms with Crippen LogP contribution in [0.15, 0.2) is 34.0 Å². The zero-order valence-electron chi connectivity index (χ0n) is 14.4. The Labute approximate surface area is 145 Å². The number of urea groups is 1. The summed E-state index contributed by atoms with van der Waals surface area (Å²) in [5.41, 5.74) is 3.02. The Balaban J connectivity index is 1.64. The molecule has 132 valence electrons. The van der Waals surface area contributed by atoms with Crippen LogP contribution in [0.2, 0.25) is 0 Å². The first-order chi connectivity index (χ1) is 12.0. The molecule has 2 amide bonds. The van der Waals surface area contributed by atoms with Crippen molar-refractivity contribution in [3.63, 3.8) is 0 Å². The Hall–Kier alpha value is -2.83. The first-order valence-corrected chi connectivity index (χ1v) is 8.44. The highest BCUT2D eigenvalue weighted by Crippen LogP contribution is 2.31. The van der Waals surface area contributed by atoms with Crippen LogP contribution in [0.3, 0.4) is 0 Å². The topological polar surface area (TPSA) is 96.0 Å². The van der Waals surface area contributed by atoms with Gasteiger partial charge in [0.2, 0.25) is 0 Å². The molecule has 0 aliphatic heterocycles.